The summed E-state index contributed by atoms with van der Waals surface area (Å²) in [5.41, 5.74) is 3.97. The number of aryl methyl sites for hydroxylation is 2. The molecule has 2 heteroatoms. The summed E-state index contributed by atoms with van der Waals surface area (Å²) in [6.07, 6.45) is 2.59. The van der Waals surface area contributed by atoms with Crippen LogP contribution in [-0.2, 0) is 0 Å². The highest BCUT2D eigenvalue weighted by Crippen LogP contribution is 2.30. The average Bonchev–Trinajstić information content (AvgIpc) is 2.30. The van der Waals surface area contributed by atoms with Crippen LogP contribution in [0.4, 0.5) is 0 Å². The third-order valence-corrected chi connectivity index (χ3v) is 3.46. The fourth-order valence-electron chi connectivity index (χ4n) is 2.68. The van der Waals surface area contributed by atoms with Crippen molar-refractivity contribution in [2.45, 2.75) is 32.6 Å². The van der Waals surface area contributed by atoms with Crippen molar-refractivity contribution in [3.8, 4) is 5.75 Å². The second-order valence-corrected chi connectivity index (χ2v) is 4.73. The lowest BCUT2D eigenvalue weighted by atomic mass is 9.89. The van der Waals surface area contributed by atoms with Crippen LogP contribution in [0, 0.1) is 13.8 Å². The first-order valence-electron chi connectivity index (χ1n) is 6.08. The smallest absolute Gasteiger partial charge is 0.124 e. The molecule has 0 bridgehead atoms. The highest BCUT2D eigenvalue weighted by molar-refractivity contribution is 5.44. The molecule has 1 heterocycles. The van der Waals surface area contributed by atoms with E-state index >= 15 is 0 Å². The Kier molecular flexibility index (Phi) is 3.49. The zero-order valence-corrected chi connectivity index (χ0v) is 10.5. The van der Waals surface area contributed by atoms with Crippen molar-refractivity contribution in [3.63, 3.8) is 0 Å². The summed E-state index contributed by atoms with van der Waals surface area (Å²) in [4.78, 5) is 0. The maximum Gasteiger partial charge on any atom is 0.124 e. The molecule has 2 nitrogen and oxygen atoms in total. The molecule has 0 saturated carbocycles. The van der Waals surface area contributed by atoms with Crippen LogP contribution >= 0.6 is 0 Å². The average molecular weight is 219 g/mol. The van der Waals surface area contributed by atoms with Crippen LogP contribution in [0.3, 0.4) is 0 Å². The van der Waals surface area contributed by atoms with Gasteiger partial charge in [-0.3, -0.25) is 0 Å². The molecule has 0 aliphatic carbocycles. The standard InChI is InChI=1S/C14H21NO/c1-10-7-13(8-11(2)14(10)16-3)12-5-4-6-15-9-12/h7-8,12,15H,4-6,9H2,1-3H3/t12-/m0/s1. The molecule has 0 radical (unpaired) electrons. The van der Waals surface area contributed by atoms with E-state index in [-0.39, 0.29) is 0 Å². The first-order valence-corrected chi connectivity index (χ1v) is 6.08. The number of piperidine rings is 1. The summed E-state index contributed by atoms with van der Waals surface area (Å²) in [6.45, 7) is 6.55. The van der Waals surface area contributed by atoms with Crippen molar-refractivity contribution in [1.29, 1.82) is 0 Å². The summed E-state index contributed by atoms with van der Waals surface area (Å²) in [5.74, 6) is 1.71. The van der Waals surface area contributed by atoms with Crippen molar-refractivity contribution >= 4 is 0 Å². The fourth-order valence-corrected chi connectivity index (χ4v) is 2.68. The summed E-state index contributed by atoms with van der Waals surface area (Å²) in [7, 11) is 1.75. The van der Waals surface area contributed by atoms with Gasteiger partial charge < -0.3 is 10.1 Å². The highest BCUT2D eigenvalue weighted by Gasteiger charge is 2.16. The molecule has 1 N–H and O–H groups in total. The molecule has 1 fully saturated rings. The van der Waals surface area contributed by atoms with Crippen molar-refractivity contribution in [1.82, 2.24) is 5.32 Å². The Morgan fingerprint density at radius 2 is 1.94 bits per heavy atom. The fraction of sp³-hybridized carbons (Fsp3) is 0.571. The minimum atomic E-state index is 0.678. The molecule has 1 aromatic carbocycles. The molecule has 2 rings (SSSR count). The highest BCUT2D eigenvalue weighted by atomic mass is 16.5. The molecule has 0 aromatic heterocycles. The van der Waals surface area contributed by atoms with Gasteiger partial charge in [-0.2, -0.15) is 0 Å². The van der Waals surface area contributed by atoms with Gasteiger partial charge in [-0.25, -0.2) is 0 Å². The van der Waals surface area contributed by atoms with E-state index in [0.717, 1.165) is 12.3 Å². The van der Waals surface area contributed by atoms with E-state index in [1.807, 2.05) is 0 Å². The van der Waals surface area contributed by atoms with E-state index in [1.165, 1.54) is 36.1 Å². The van der Waals surface area contributed by atoms with Crippen LogP contribution in [0.2, 0.25) is 0 Å². The van der Waals surface area contributed by atoms with E-state index in [9.17, 15) is 0 Å². The summed E-state index contributed by atoms with van der Waals surface area (Å²) in [6, 6.07) is 4.56. The summed E-state index contributed by atoms with van der Waals surface area (Å²) >= 11 is 0. The number of rotatable bonds is 2. The Hall–Kier alpha value is -1.02. The van der Waals surface area contributed by atoms with Gasteiger partial charge in [0.1, 0.15) is 5.75 Å². The zero-order valence-electron chi connectivity index (χ0n) is 10.5. The lowest BCUT2D eigenvalue weighted by molar-refractivity contribution is 0.407. The van der Waals surface area contributed by atoms with Crippen LogP contribution < -0.4 is 10.1 Å². The van der Waals surface area contributed by atoms with Crippen LogP contribution in [0.5, 0.6) is 5.75 Å². The van der Waals surface area contributed by atoms with Crippen LogP contribution in [0.25, 0.3) is 0 Å². The summed E-state index contributed by atoms with van der Waals surface area (Å²) < 4.78 is 5.40. The van der Waals surface area contributed by atoms with Crippen molar-refractivity contribution in [3.05, 3.63) is 28.8 Å². The van der Waals surface area contributed by atoms with E-state index in [2.05, 4.69) is 31.3 Å². The van der Waals surface area contributed by atoms with Gasteiger partial charge in [-0.15, -0.1) is 0 Å². The molecule has 1 aromatic rings. The SMILES string of the molecule is COc1c(C)cc([C@H]2CCCNC2)cc1C. The quantitative estimate of drug-likeness (QED) is 0.826. The van der Waals surface area contributed by atoms with Crippen LogP contribution in [-0.4, -0.2) is 20.2 Å². The van der Waals surface area contributed by atoms with Gasteiger partial charge in [0.25, 0.3) is 0 Å². The second-order valence-electron chi connectivity index (χ2n) is 4.73. The largest absolute Gasteiger partial charge is 0.496 e. The summed E-state index contributed by atoms with van der Waals surface area (Å²) in [5, 5.41) is 3.47. The van der Waals surface area contributed by atoms with E-state index in [0.29, 0.717) is 5.92 Å². The van der Waals surface area contributed by atoms with Crippen LogP contribution in [0.15, 0.2) is 12.1 Å². The maximum atomic E-state index is 5.40. The zero-order chi connectivity index (χ0) is 11.5. The molecule has 0 amide bonds. The molecule has 1 aliphatic rings. The van der Waals surface area contributed by atoms with Crippen molar-refractivity contribution in [2.75, 3.05) is 20.2 Å². The number of hydrogen-bond donors (Lipinski definition) is 1. The lowest BCUT2D eigenvalue weighted by Crippen LogP contribution is -2.28. The van der Waals surface area contributed by atoms with Gasteiger partial charge in [0.15, 0.2) is 0 Å². The topological polar surface area (TPSA) is 21.3 Å². The number of nitrogens with one attached hydrogen (secondary N) is 1. The monoisotopic (exact) mass is 219 g/mol. The molecule has 1 aliphatic heterocycles. The minimum absolute atomic E-state index is 0.678. The third kappa shape index (κ3) is 2.22. The second kappa shape index (κ2) is 4.88. The van der Waals surface area contributed by atoms with Gasteiger partial charge >= 0.3 is 0 Å². The Balaban J connectivity index is 2.28. The Bertz CT molecular complexity index is 344. The van der Waals surface area contributed by atoms with Crippen LogP contribution in [0.1, 0.15) is 35.4 Å². The van der Waals surface area contributed by atoms with Gasteiger partial charge in [-0.1, -0.05) is 12.1 Å². The van der Waals surface area contributed by atoms with E-state index < -0.39 is 0 Å². The van der Waals surface area contributed by atoms with Gasteiger partial charge in [-0.05, 0) is 55.8 Å². The molecule has 1 atom stereocenters. The maximum absolute atomic E-state index is 5.40. The van der Waals surface area contributed by atoms with Crippen molar-refractivity contribution in [2.24, 2.45) is 0 Å². The van der Waals surface area contributed by atoms with Gasteiger partial charge in [0, 0.05) is 6.54 Å². The molecular weight excluding hydrogens is 198 g/mol. The Morgan fingerprint density at radius 1 is 1.25 bits per heavy atom. The van der Waals surface area contributed by atoms with Gasteiger partial charge in [0.05, 0.1) is 7.11 Å². The number of methoxy groups -OCH3 is 1. The predicted molar refractivity (Wildman–Crippen MR) is 67.3 cm³/mol. The molecular formula is C14H21NO. The molecule has 1 saturated heterocycles. The van der Waals surface area contributed by atoms with E-state index in [4.69, 9.17) is 4.74 Å². The van der Waals surface area contributed by atoms with Gasteiger partial charge in [0.2, 0.25) is 0 Å². The third-order valence-electron chi connectivity index (χ3n) is 3.46. The number of ether oxygens (including phenoxy) is 1. The lowest BCUT2D eigenvalue weighted by Gasteiger charge is -2.24. The molecule has 0 unspecified atom stereocenters. The normalized spacial score (nSPS) is 20.8. The predicted octanol–water partition coefficient (Wildman–Crippen LogP) is 2.78. The number of hydrogen-bond acceptors (Lipinski definition) is 2. The molecule has 0 spiro atoms. The number of benzene rings is 1. The Morgan fingerprint density at radius 3 is 2.44 bits per heavy atom. The first-order chi connectivity index (χ1) is 7.72. The molecule has 88 valence electrons. The molecule has 16 heavy (non-hydrogen) atoms. The minimum Gasteiger partial charge on any atom is -0.496 e. The van der Waals surface area contributed by atoms with E-state index in [1.54, 1.807) is 7.11 Å². The Labute approximate surface area is 98.0 Å². The first kappa shape index (κ1) is 11.5. The van der Waals surface area contributed by atoms with Crippen molar-refractivity contribution < 1.29 is 4.74 Å².